The number of benzene rings is 2. The fraction of sp³-hybridized carbons (Fsp3) is 0.553. The molecule has 1 aliphatic rings. The number of hydrogen-bond donors (Lipinski definition) is 0. The molecule has 0 N–H and O–H groups in total. The summed E-state index contributed by atoms with van der Waals surface area (Å²) in [6.45, 7) is 9.14. The fourth-order valence-electron chi connectivity index (χ4n) is 5.70. The summed E-state index contributed by atoms with van der Waals surface area (Å²) in [4.78, 5) is 21.2. The van der Waals surface area contributed by atoms with Gasteiger partial charge in [0.25, 0.3) is 0 Å². The molecule has 0 fully saturated rings. The van der Waals surface area contributed by atoms with E-state index in [-0.39, 0.29) is 11.9 Å². The highest BCUT2D eigenvalue weighted by Gasteiger charge is 2.27. The van der Waals surface area contributed by atoms with E-state index >= 15 is 0 Å². The molecule has 0 bridgehead atoms. The van der Waals surface area contributed by atoms with Crippen molar-refractivity contribution in [3.05, 3.63) is 54.9 Å². The number of unbranched alkanes of at least 4 members (excludes halogenated alkanes) is 7. The molecule has 3 atom stereocenters. The second kappa shape index (κ2) is 18.7. The maximum absolute atomic E-state index is 12.0. The smallest absolute Gasteiger partial charge is 0.311 e. The lowest BCUT2D eigenvalue weighted by molar-refractivity contribution is -0.134. The third-order valence-electron chi connectivity index (χ3n) is 8.53. The number of carbonyl (C=O) groups is 1. The summed E-state index contributed by atoms with van der Waals surface area (Å²) in [6.07, 6.45) is 20.5. The Hall–Kier alpha value is -3.19. The molecule has 45 heavy (non-hydrogen) atoms. The van der Waals surface area contributed by atoms with Gasteiger partial charge in [0.05, 0.1) is 0 Å². The Morgan fingerprint density at radius 1 is 0.756 bits per heavy atom. The van der Waals surface area contributed by atoms with Gasteiger partial charge in [0, 0.05) is 29.9 Å². The van der Waals surface area contributed by atoms with Crippen molar-refractivity contribution in [1.29, 1.82) is 0 Å². The fourth-order valence-corrected chi connectivity index (χ4v) is 6.93. The van der Waals surface area contributed by atoms with Crippen molar-refractivity contribution in [3.63, 3.8) is 0 Å². The summed E-state index contributed by atoms with van der Waals surface area (Å²) in [6, 6.07) is 13.4. The van der Waals surface area contributed by atoms with E-state index in [4.69, 9.17) is 14.2 Å². The summed E-state index contributed by atoms with van der Waals surface area (Å²) < 4.78 is 17.8. The molecule has 242 valence electrons. The van der Waals surface area contributed by atoms with Crippen molar-refractivity contribution >= 4 is 15.5 Å². The van der Waals surface area contributed by atoms with Crippen molar-refractivity contribution < 1.29 is 19.0 Å². The van der Waals surface area contributed by atoms with Crippen LogP contribution in [0.3, 0.4) is 0 Å². The van der Waals surface area contributed by atoms with Crippen LogP contribution in [0, 0.1) is 5.92 Å². The second-order valence-electron chi connectivity index (χ2n) is 12.6. The first kappa shape index (κ1) is 34.7. The van der Waals surface area contributed by atoms with E-state index in [1.54, 1.807) is 0 Å². The highest BCUT2D eigenvalue weighted by Crippen LogP contribution is 2.38. The lowest BCUT2D eigenvalue weighted by Gasteiger charge is -2.15. The number of carbonyl (C=O) groups excluding carboxylic acids is 1. The molecule has 0 saturated carbocycles. The minimum atomic E-state index is -0.212. The third kappa shape index (κ3) is 11.6. The number of ether oxygens (including phenoxy) is 3. The van der Waals surface area contributed by atoms with E-state index in [9.17, 15) is 4.79 Å². The molecule has 0 amide bonds. The van der Waals surface area contributed by atoms with Crippen LogP contribution in [0.5, 0.6) is 17.2 Å². The summed E-state index contributed by atoms with van der Waals surface area (Å²) in [5.41, 5.74) is 3.33. The summed E-state index contributed by atoms with van der Waals surface area (Å²) in [5, 5.41) is 0. The molecule has 1 aliphatic heterocycles. The normalized spacial score (nSPS) is 15.2. The van der Waals surface area contributed by atoms with Crippen LogP contribution in [-0.2, 0) is 4.79 Å². The molecule has 0 aliphatic carbocycles. The van der Waals surface area contributed by atoms with E-state index in [0.29, 0.717) is 33.1 Å². The van der Waals surface area contributed by atoms with Crippen LogP contribution in [0.4, 0.5) is 0 Å². The monoisotopic (exact) mass is 628 g/mol. The maximum Gasteiger partial charge on any atom is 0.311 e. The van der Waals surface area contributed by atoms with Gasteiger partial charge in [-0.25, -0.2) is 9.97 Å². The minimum Gasteiger partial charge on any atom is -0.456 e. The average Bonchev–Trinajstić information content (AvgIpc) is 3.45. The zero-order valence-corrected chi connectivity index (χ0v) is 28.9. The predicted octanol–water partition coefficient (Wildman–Crippen LogP) is 10.4. The highest BCUT2D eigenvalue weighted by atomic mass is 28.2. The first-order valence-corrected chi connectivity index (χ1v) is 18.5. The van der Waals surface area contributed by atoms with E-state index in [1.165, 1.54) is 64.2 Å². The Morgan fingerprint density at radius 3 is 2.09 bits per heavy atom. The summed E-state index contributed by atoms with van der Waals surface area (Å²) in [7, 11) is 0.603. The standard InChI is InChI=1S/C38H52N2O4Si/c1-5-7-11-15-28(3)16-13-9-10-14-17-29(4)45-38-43-34-24-21-31(25-35(34)44-38)37-39-26-32(27-40-37)30-19-22-33(23-20-30)42-36(41)18-12-8-6-2/h19-29,38H,5-18H2,1-4H3. The average molecular weight is 629 g/mol. The first-order chi connectivity index (χ1) is 21.9. The van der Waals surface area contributed by atoms with E-state index in [2.05, 4.69) is 37.7 Å². The quantitative estimate of drug-likeness (QED) is 0.0537. The van der Waals surface area contributed by atoms with Crippen molar-refractivity contribution in [1.82, 2.24) is 9.97 Å². The Bertz CT molecular complexity index is 1300. The Kier molecular flexibility index (Phi) is 14.4. The van der Waals surface area contributed by atoms with E-state index in [1.807, 2.05) is 54.9 Å². The van der Waals surface area contributed by atoms with Gasteiger partial charge in [0.15, 0.2) is 26.8 Å². The molecular formula is C38H52N2O4Si. The number of esters is 1. The molecule has 2 radical (unpaired) electrons. The van der Waals surface area contributed by atoms with Gasteiger partial charge in [-0.2, -0.15) is 0 Å². The molecule has 6 nitrogen and oxygen atoms in total. The van der Waals surface area contributed by atoms with Crippen LogP contribution < -0.4 is 14.2 Å². The molecule has 3 unspecified atom stereocenters. The van der Waals surface area contributed by atoms with Gasteiger partial charge in [0.1, 0.15) is 5.75 Å². The molecule has 1 aromatic heterocycles. The molecule has 7 heteroatoms. The van der Waals surface area contributed by atoms with Gasteiger partial charge in [-0.15, -0.1) is 0 Å². The van der Waals surface area contributed by atoms with Gasteiger partial charge in [0.2, 0.25) is 5.91 Å². The number of hydrogen-bond acceptors (Lipinski definition) is 6. The molecule has 2 heterocycles. The van der Waals surface area contributed by atoms with Gasteiger partial charge in [-0.1, -0.05) is 117 Å². The second-order valence-corrected chi connectivity index (χ2v) is 14.4. The number of rotatable bonds is 20. The van der Waals surface area contributed by atoms with Crippen molar-refractivity contribution in [2.24, 2.45) is 5.92 Å². The number of aromatic nitrogens is 2. The van der Waals surface area contributed by atoms with E-state index < -0.39 is 0 Å². The summed E-state index contributed by atoms with van der Waals surface area (Å²) >= 11 is 0. The molecule has 4 rings (SSSR count). The van der Waals surface area contributed by atoms with Gasteiger partial charge in [-0.05, 0) is 53.8 Å². The Labute approximate surface area is 273 Å². The molecular weight excluding hydrogens is 577 g/mol. The lowest BCUT2D eigenvalue weighted by atomic mass is 9.96. The van der Waals surface area contributed by atoms with E-state index in [0.717, 1.165) is 53.4 Å². The lowest BCUT2D eigenvalue weighted by Crippen LogP contribution is -2.28. The van der Waals surface area contributed by atoms with Crippen molar-refractivity contribution in [2.75, 3.05) is 0 Å². The largest absolute Gasteiger partial charge is 0.456 e. The first-order valence-electron chi connectivity index (χ1n) is 17.3. The van der Waals surface area contributed by atoms with Gasteiger partial charge >= 0.3 is 5.97 Å². The third-order valence-corrected chi connectivity index (χ3v) is 9.90. The maximum atomic E-state index is 12.0. The van der Waals surface area contributed by atoms with Crippen LogP contribution in [0.25, 0.3) is 22.5 Å². The Balaban J connectivity index is 1.19. The van der Waals surface area contributed by atoms with Crippen LogP contribution in [-0.4, -0.2) is 31.4 Å². The predicted molar refractivity (Wildman–Crippen MR) is 184 cm³/mol. The van der Waals surface area contributed by atoms with Crippen LogP contribution >= 0.6 is 0 Å². The zero-order chi connectivity index (χ0) is 31.9. The summed E-state index contributed by atoms with van der Waals surface area (Å²) in [5.74, 6) is 3.23. The van der Waals surface area contributed by atoms with Crippen LogP contribution in [0.1, 0.15) is 118 Å². The molecule has 3 aromatic rings. The van der Waals surface area contributed by atoms with Gasteiger partial charge in [-0.3, -0.25) is 4.79 Å². The zero-order valence-electron chi connectivity index (χ0n) is 27.9. The SMILES string of the molecule is CCCCCC(=O)Oc1ccc(-c2cnc(-c3ccc4c(c3)OC([Si]C(C)CCCCCCC(C)CCCCC)O4)nc2)cc1. The number of fused-ring (bicyclic) bond motifs is 1. The molecule has 0 saturated heterocycles. The highest BCUT2D eigenvalue weighted by molar-refractivity contribution is 6.38. The van der Waals surface area contributed by atoms with Crippen molar-refractivity contribution in [2.45, 2.75) is 129 Å². The van der Waals surface area contributed by atoms with Crippen LogP contribution in [0.2, 0.25) is 5.54 Å². The molecule has 0 spiro atoms. The topological polar surface area (TPSA) is 70.5 Å². The Morgan fingerprint density at radius 2 is 1.38 bits per heavy atom. The van der Waals surface area contributed by atoms with Gasteiger partial charge < -0.3 is 14.2 Å². The van der Waals surface area contributed by atoms with Crippen LogP contribution in [0.15, 0.2) is 54.9 Å². The minimum absolute atomic E-state index is 0.187. The van der Waals surface area contributed by atoms with Crippen molar-refractivity contribution in [3.8, 4) is 39.8 Å². The number of nitrogens with zero attached hydrogens (tertiary/aromatic N) is 2. The molecule has 2 aromatic carbocycles.